The second kappa shape index (κ2) is 10.5. The normalized spacial score (nSPS) is 27.1. The lowest BCUT2D eigenvalue weighted by atomic mass is 9.83. The van der Waals surface area contributed by atoms with Crippen LogP contribution in [0.1, 0.15) is 69.9 Å². The number of nitrogens with one attached hydrogen (secondary N) is 1. The Hall–Kier alpha value is -2.41. The Morgan fingerprint density at radius 2 is 2.00 bits per heavy atom. The van der Waals surface area contributed by atoms with Crippen molar-refractivity contribution in [3.05, 3.63) is 35.4 Å². The van der Waals surface area contributed by atoms with Gasteiger partial charge in [-0.25, -0.2) is 4.99 Å². The molecule has 7 nitrogen and oxygen atoms in total. The Labute approximate surface area is 203 Å². The van der Waals surface area contributed by atoms with Crippen LogP contribution in [0, 0.1) is 12.8 Å². The summed E-state index contributed by atoms with van der Waals surface area (Å²) in [7, 11) is 0. The zero-order chi connectivity index (χ0) is 24.3. The molecule has 0 radical (unpaired) electrons. The molecule has 3 aliphatic rings. The fraction of sp³-hybridized carbons (Fsp3) is 0.667. The monoisotopic (exact) mass is 468 g/mol. The predicted octanol–water partition coefficient (Wildman–Crippen LogP) is 3.13. The lowest BCUT2D eigenvalue weighted by molar-refractivity contribution is -0.138. The molecule has 1 saturated carbocycles. The van der Waals surface area contributed by atoms with Crippen molar-refractivity contribution in [3.8, 4) is 0 Å². The number of nitrogens with two attached hydrogens (primary N) is 1. The number of rotatable bonds is 7. The number of benzene rings is 1. The number of ether oxygens (including phenoxy) is 1. The molecule has 3 N–H and O–H groups in total. The summed E-state index contributed by atoms with van der Waals surface area (Å²) >= 11 is 0. The minimum Gasteiger partial charge on any atom is -0.477 e. The van der Waals surface area contributed by atoms with Crippen LogP contribution in [-0.4, -0.2) is 59.4 Å². The highest BCUT2D eigenvalue weighted by atomic mass is 16.5. The maximum absolute atomic E-state index is 13.8. The molecule has 2 fully saturated rings. The zero-order valence-corrected chi connectivity index (χ0v) is 20.9. The van der Waals surface area contributed by atoms with Gasteiger partial charge in [0.15, 0.2) is 0 Å². The molecule has 1 aliphatic carbocycles. The number of aliphatic imine (C=N–C) groups is 1. The van der Waals surface area contributed by atoms with E-state index in [4.69, 9.17) is 15.5 Å². The summed E-state index contributed by atoms with van der Waals surface area (Å²) in [5.74, 6) is 0.548. The van der Waals surface area contributed by atoms with Crippen LogP contribution >= 0.6 is 0 Å². The smallest absolute Gasteiger partial charge is 0.246 e. The molecule has 7 heteroatoms. The molecule has 34 heavy (non-hydrogen) atoms. The van der Waals surface area contributed by atoms with Crippen molar-refractivity contribution in [2.75, 3.05) is 13.2 Å². The van der Waals surface area contributed by atoms with E-state index in [0.717, 1.165) is 44.9 Å². The van der Waals surface area contributed by atoms with Gasteiger partial charge in [-0.15, -0.1) is 0 Å². The fourth-order valence-electron chi connectivity index (χ4n) is 5.68. The highest BCUT2D eigenvalue weighted by Crippen LogP contribution is 2.32. The number of likely N-dealkylation sites (tertiary alicyclic amines) is 1. The summed E-state index contributed by atoms with van der Waals surface area (Å²) < 4.78 is 6.13. The van der Waals surface area contributed by atoms with E-state index in [1.807, 2.05) is 4.90 Å². The van der Waals surface area contributed by atoms with E-state index in [1.54, 1.807) is 6.92 Å². The molecule has 0 spiro atoms. The molecular weight excluding hydrogens is 428 g/mol. The fourth-order valence-corrected chi connectivity index (χ4v) is 5.68. The largest absolute Gasteiger partial charge is 0.477 e. The van der Waals surface area contributed by atoms with Gasteiger partial charge in [-0.1, -0.05) is 49.1 Å². The van der Waals surface area contributed by atoms with Gasteiger partial charge in [0.2, 0.25) is 17.7 Å². The van der Waals surface area contributed by atoms with Crippen LogP contribution in [0.5, 0.6) is 0 Å². The molecule has 1 aromatic carbocycles. The summed E-state index contributed by atoms with van der Waals surface area (Å²) in [6, 6.07) is 7.17. The first-order valence-corrected chi connectivity index (χ1v) is 12.9. The van der Waals surface area contributed by atoms with E-state index in [-0.39, 0.29) is 29.3 Å². The van der Waals surface area contributed by atoms with Crippen molar-refractivity contribution >= 4 is 17.7 Å². The van der Waals surface area contributed by atoms with Gasteiger partial charge < -0.3 is 20.7 Å². The highest BCUT2D eigenvalue weighted by molar-refractivity contribution is 5.94. The Bertz CT molecular complexity index is 924. The van der Waals surface area contributed by atoms with Gasteiger partial charge in [0.25, 0.3) is 0 Å². The summed E-state index contributed by atoms with van der Waals surface area (Å²) in [6.45, 7) is 7.06. The Morgan fingerprint density at radius 3 is 2.71 bits per heavy atom. The summed E-state index contributed by atoms with van der Waals surface area (Å²) in [5.41, 5.74) is 7.96. The van der Waals surface area contributed by atoms with E-state index in [1.165, 1.54) is 17.5 Å². The van der Waals surface area contributed by atoms with Gasteiger partial charge in [0.1, 0.15) is 18.7 Å². The molecular formula is C27H40N4O3. The van der Waals surface area contributed by atoms with E-state index < -0.39 is 12.1 Å². The highest BCUT2D eigenvalue weighted by Gasteiger charge is 2.43. The third-order valence-electron chi connectivity index (χ3n) is 7.50. The Kier molecular flexibility index (Phi) is 7.60. The maximum atomic E-state index is 13.8. The number of nitrogens with zero attached hydrogens (tertiary/aromatic N) is 2. The molecule has 1 saturated heterocycles. The SMILES string of the molecule is Cc1cccc(C[C@]2(C)COC(C3CCCN3C(=O)C(NC(=O)C(C)N)C3CCCCC3)=N2)c1. The van der Waals surface area contributed by atoms with Crippen LogP contribution < -0.4 is 11.1 Å². The molecule has 3 unspecified atom stereocenters. The second-order valence-corrected chi connectivity index (χ2v) is 10.8. The number of carbonyl (C=O) groups is 2. The van der Waals surface area contributed by atoms with Gasteiger partial charge in [-0.05, 0) is 57.9 Å². The van der Waals surface area contributed by atoms with Gasteiger partial charge in [-0.2, -0.15) is 0 Å². The first-order chi connectivity index (χ1) is 16.3. The van der Waals surface area contributed by atoms with Crippen molar-refractivity contribution < 1.29 is 14.3 Å². The van der Waals surface area contributed by atoms with E-state index >= 15 is 0 Å². The third kappa shape index (κ3) is 5.62. The number of aryl methyl sites for hydroxylation is 1. The Balaban J connectivity index is 1.51. The van der Waals surface area contributed by atoms with Gasteiger partial charge >= 0.3 is 0 Å². The predicted molar refractivity (Wildman–Crippen MR) is 134 cm³/mol. The van der Waals surface area contributed by atoms with E-state index in [9.17, 15) is 9.59 Å². The van der Waals surface area contributed by atoms with Crippen molar-refractivity contribution in [3.63, 3.8) is 0 Å². The quantitative estimate of drug-likeness (QED) is 0.642. The number of carbonyl (C=O) groups excluding carboxylic acids is 2. The molecule has 0 bridgehead atoms. The number of amides is 2. The van der Waals surface area contributed by atoms with Crippen molar-refractivity contribution in [2.24, 2.45) is 16.6 Å². The Morgan fingerprint density at radius 1 is 1.24 bits per heavy atom. The molecule has 1 aromatic rings. The van der Waals surface area contributed by atoms with Crippen LogP contribution in [0.15, 0.2) is 29.3 Å². The molecule has 186 valence electrons. The second-order valence-electron chi connectivity index (χ2n) is 10.8. The van der Waals surface area contributed by atoms with E-state index in [2.05, 4.69) is 43.4 Å². The van der Waals surface area contributed by atoms with E-state index in [0.29, 0.717) is 19.0 Å². The minimum atomic E-state index is -0.641. The average molecular weight is 469 g/mol. The standard InChI is InChI=1S/C27H40N4O3/c1-18-9-7-10-20(15-18)16-27(3)17-34-25(30-27)22-13-8-14-31(22)26(33)23(29-24(32)19(2)28)21-11-5-4-6-12-21/h7,9-10,15,19,21-23H,4-6,8,11-14,16-17,28H2,1-3H3,(H,29,32)/t19?,22?,23?,27-/m1/s1. The summed E-state index contributed by atoms with van der Waals surface area (Å²) in [4.78, 5) is 33.2. The van der Waals surface area contributed by atoms with Crippen molar-refractivity contribution in [1.82, 2.24) is 10.2 Å². The summed E-state index contributed by atoms with van der Waals surface area (Å²) in [6.07, 6.45) is 7.84. The van der Waals surface area contributed by atoms with Crippen LogP contribution in [0.4, 0.5) is 0 Å². The molecule has 2 heterocycles. The van der Waals surface area contributed by atoms with Gasteiger partial charge in [0, 0.05) is 13.0 Å². The molecule has 0 aromatic heterocycles. The van der Waals surface area contributed by atoms with Crippen molar-refractivity contribution in [2.45, 2.75) is 95.8 Å². The first kappa shape index (κ1) is 24.7. The van der Waals surface area contributed by atoms with Gasteiger partial charge in [0.05, 0.1) is 11.6 Å². The maximum Gasteiger partial charge on any atom is 0.246 e. The lowest BCUT2D eigenvalue weighted by Gasteiger charge is -2.35. The summed E-state index contributed by atoms with van der Waals surface area (Å²) in [5, 5.41) is 2.99. The molecule has 2 aliphatic heterocycles. The average Bonchev–Trinajstić information content (AvgIpc) is 3.44. The first-order valence-electron chi connectivity index (χ1n) is 12.9. The molecule has 2 amide bonds. The topological polar surface area (TPSA) is 97.0 Å². The molecule has 4 rings (SSSR count). The van der Waals surface area contributed by atoms with Crippen LogP contribution in [-0.2, 0) is 20.7 Å². The number of hydrogen-bond acceptors (Lipinski definition) is 5. The molecule has 4 atom stereocenters. The van der Waals surface area contributed by atoms with Crippen LogP contribution in [0.3, 0.4) is 0 Å². The number of hydrogen-bond donors (Lipinski definition) is 2. The van der Waals surface area contributed by atoms with Gasteiger partial charge in [-0.3, -0.25) is 9.59 Å². The van der Waals surface area contributed by atoms with Crippen LogP contribution in [0.2, 0.25) is 0 Å². The third-order valence-corrected chi connectivity index (χ3v) is 7.50. The van der Waals surface area contributed by atoms with Crippen LogP contribution in [0.25, 0.3) is 0 Å². The lowest BCUT2D eigenvalue weighted by Crippen LogP contribution is -2.57. The zero-order valence-electron chi connectivity index (χ0n) is 20.9. The van der Waals surface area contributed by atoms with Crippen molar-refractivity contribution in [1.29, 1.82) is 0 Å². The minimum absolute atomic E-state index is 0.0120.